The third-order valence-corrected chi connectivity index (χ3v) is 5.34. The number of para-hydroxylation sites is 1. The molecule has 0 heterocycles. The number of amides is 2. The van der Waals surface area contributed by atoms with Crippen molar-refractivity contribution >= 4 is 46.7 Å². The van der Waals surface area contributed by atoms with Crippen LogP contribution in [0, 0.1) is 19.3 Å². The fourth-order valence-electron chi connectivity index (χ4n) is 2.34. The zero-order chi connectivity index (χ0) is 18.8. The zero-order valence-corrected chi connectivity index (χ0v) is 15.8. The number of carbonyl (C=O) groups excluding carboxylic acids is 3. The minimum absolute atomic E-state index is 0.226. The maximum absolute atomic E-state index is 11.9. The Balaban J connectivity index is 1.75. The number of alkyl halides is 2. The topological polar surface area (TPSA) is 84.5 Å². The normalized spacial score (nSPS) is 20.5. The Morgan fingerprint density at radius 2 is 1.72 bits per heavy atom. The summed E-state index contributed by atoms with van der Waals surface area (Å²) in [5, 5.41) is 5.14. The highest BCUT2D eigenvalue weighted by Gasteiger charge is 2.69. The zero-order valence-electron chi connectivity index (χ0n) is 14.2. The van der Waals surface area contributed by atoms with E-state index in [2.05, 4.69) is 10.6 Å². The Morgan fingerprint density at radius 1 is 1.16 bits per heavy atom. The van der Waals surface area contributed by atoms with Gasteiger partial charge in [-0.2, -0.15) is 0 Å². The van der Waals surface area contributed by atoms with E-state index in [9.17, 15) is 14.4 Å². The molecule has 0 saturated heterocycles. The SMILES string of the molecule is Cc1cccc(C)c1NC(=O)CNC(=O)COC(=O)[C@@]1(C)CC1(Cl)Cl. The molecule has 1 fully saturated rings. The highest BCUT2D eigenvalue weighted by molar-refractivity contribution is 6.53. The van der Waals surface area contributed by atoms with E-state index < -0.39 is 28.2 Å². The van der Waals surface area contributed by atoms with E-state index >= 15 is 0 Å². The number of anilines is 1. The predicted octanol–water partition coefficient (Wildman–Crippen LogP) is 2.49. The summed E-state index contributed by atoms with van der Waals surface area (Å²) in [6, 6.07) is 5.66. The Kier molecular flexibility index (Phi) is 5.64. The van der Waals surface area contributed by atoms with Gasteiger partial charge in [-0.25, -0.2) is 0 Å². The van der Waals surface area contributed by atoms with Gasteiger partial charge >= 0.3 is 5.97 Å². The second kappa shape index (κ2) is 7.22. The Hall–Kier alpha value is -1.79. The molecule has 0 aliphatic heterocycles. The van der Waals surface area contributed by atoms with Crippen LogP contribution in [0.15, 0.2) is 18.2 Å². The fraction of sp³-hybridized carbons (Fsp3) is 0.471. The summed E-state index contributed by atoms with van der Waals surface area (Å²) in [5.74, 6) is -1.58. The number of benzene rings is 1. The number of halogens is 2. The molecule has 0 spiro atoms. The van der Waals surface area contributed by atoms with Crippen LogP contribution < -0.4 is 10.6 Å². The number of carbonyl (C=O) groups is 3. The molecule has 1 aromatic carbocycles. The molecule has 6 nitrogen and oxygen atoms in total. The van der Waals surface area contributed by atoms with Gasteiger partial charge in [0.15, 0.2) is 6.61 Å². The molecule has 136 valence electrons. The van der Waals surface area contributed by atoms with Crippen molar-refractivity contribution < 1.29 is 19.1 Å². The molecular weight excluding hydrogens is 367 g/mol. The van der Waals surface area contributed by atoms with Crippen molar-refractivity contribution in [3.63, 3.8) is 0 Å². The van der Waals surface area contributed by atoms with E-state index in [1.54, 1.807) is 6.92 Å². The summed E-state index contributed by atoms with van der Waals surface area (Å²) < 4.78 is 3.76. The lowest BCUT2D eigenvalue weighted by Gasteiger charge is -2.13. The van der Waals surface area contributed by atoms with Crippen LogP contribution >= 0.6 is 23.2 Å². The molecule has 0 unspecified atom stereocenters. The number of hydrogen-bond donors (Lipinski definition) is 2. The molecule has 1 aliphatic carbocycles. The van der Waals surface area contributed by atoms with Gasteiger partial charge in [-0.15, -0.1) is 23.2 Å². The molecule has 2 rings (SSSR count). The summed E-state index contributed by atoms with van der Waals surface area (Å²) in [6.45, 7) is 4.62. The van der Waals surface area contributed by atoms with E-state index in [4.69, 9.17) is 27.9 Å². The molecule has 8 heteroatoms. The minimum atomic E-state index is -1.15. The summed E-state index contributed by atoms with van der Waals surface area (Å²) in [6.07, 6.45) is 0.280. The van der Waals surface area contributed by atoms with Crippen LogP contribution in [0.3, 0.4) is 0 Å². The van der Waals surface area contributed by atoms with Gasteiger partial charge in [0, 0.05) is 12.1 Å². The lowest BCUT2D eigenvalue weighted by molar-refractivity contribution is -0.153. The molecule has 0 bridgehead atoms. The number of nitrogens with one attached hydrogen (secondary N) is 2. The monoisotopic (exact) mass is 386 g/mol. The van der Waals surface area contributed by atoms with Gasteiger partial charge in [0.25, 0.3) is 5.91 Å². The molecule has 25 heavy (non-hydrogen) atoms. The standard InChI is InChI=1S/C17H20Cl2N2O4/c1-10-5-4-6-11(2)14(10)21-12(22)7-20-13(23)8-25-15(24)16(3)9-17(16,18)19/h4-6H,7-9H2,1-3H3,(H,20,23)(H,21,22)/t16-/m1/s1. The number of aryl methyl sites for hydroxylation is 2. The molecule has 1 atom stereocenters. The van der Waals surface area contributed by atoms with E-state index in [-0.39, 0.29) is 18.9 Å². The Labute approximate surface area is 156 Å². The molecule has 0 radical (unpaired) electrons. The summed E-state index contributed by atoms with van der Waals surface area (Å²) in [7, 11) is 0. The largest absolute Gasteiger partial charge is 0.455 e. The van der Waals surface area contributed by atoms with Crippen molar-refractivity contribution in [1.29, 1.82) is 0 Å². The molecular formula is C17H20Cl2N2O4. The lowest BCUT2D eigenvalue weighted by atomic mass is 10.1. The first kappa shape index (κ1) is 19.5. The highest BCUT2D eigenvalue weighted by atomic mass is 35.5. The second-order valence-electron chi connectivity index (χ2n) is 6.38. The van der Waals surface area contributed by atoms with Crippen LogP contribution in [0.1, 0.15) is 24.5 Å². The maximum atomic E-state index is 11.9. The van der Waals surface area contributed by atoms with E-state index in [0.29, 0.717) is 0 Å². The van der Waals surface area contributed by atoms with Gasteiger partial charge in [0.1, 0.15) is 9.75 Å². The average molecular weight is 387 g/mol. The predicted molar refractivity (Wildman–Crippen MR) is 95.7 cm³/mol. The van der Waals surface area contributed by atoms with Crippen LogP contribution in [0.5, 0.6) is 0 Å². The van der Waals surface area contributed by atoms with Crippen LogP contribution in [-0.4, -0.2) is 35.3 Å². The third-order valence-electron chi connectivity index (χ3n) is 4.23. The van der Waals surface area contributed by atoms with Crippen molar-refractivity contribution in [3.05, 3.63) is 29.3 Å². The van der Waals surface area contributed by atoms with Gasteiger partial charge in [-0.1, -0.05) is 18.2 Å². The summed E-state index contributed by atoms with van der Waals surface area (Å²) in [4.78, 5) is 35.5. The van der Waals surface area contributed by atoms with E-state index in [0.717, 1.165) is 16.8 Å². The minimum Gasteiger partial charge on any atom is -0.455 e. The highest BCUT2D eigenvalue weighted by Crippen LogP contribution is 2.64. The number of hydrogen-bond acceptors (Lipinski definition) is 4. The van der Waals surface area contributed by atoms with Crippen LogP contribution in [0.4, 0.5) is 5.69 Å². The molecule has 2 N–H and O–H groups in total. The van der Waals surface area contributed by atoms with E-state index in [1.165, 1.54) is 0 Å². The summed E-state index contributed by atoms with van der Waals surface area (Å²) >= 11 is 11.7. The first-order chi connectivity index (χ1) is 11.6. The van der Waals surface area contributed by atoms with Crippen LogP contribution in [0.25, 0.3) is 0 Å². The lowest BCUT2D eigenvalue weighted by Crippen LogP contribution is -2.36. The maximum Gasteiger partial charge on any atom is 0.315 e. The van der Waals surface area contributed by atoms with Gasteiger partial charge in [0.05, 0.1) is 6.54 Å². The van der Waals surface area contributed by atoms with Gasteiger partial charge in [0.2, 0.25) is 5.91 Å². The molecule has 1 aliphatic rings. The molecule has 1 saturated carbocycles. The third kappa shape index (κ3) is 4.44. The number of esters is 1. The van der Waals surface area contributed by atoms with Crippen molar-refractivity contribution in [1.82, 2.24) is 5.32 Å². The first-order valence-corrected chi connectivity index (χ1v) is 8.50. The van der Waals surface area contributed by atoms with Gasteiger partial charge in [-0.05, 0) is 31.9 Å². The first-order valence-electron chi connectivity index (χ1n) is 7.74. The second-order valence-corrected chi connectivity index (χ2v) is 7.87. The van der Waals surface area contributed by atoms with Crippen LogP contribution in [-0.2, 0) is 19.1 Å². The molecule has 2 amide bonds. The quantitative estimate of drug-likeness (QED) is 0.580. The van der Waals surface area contributed by atoms with Gasteiger partial charge < -0.3 is 15.4 Å². The number of ether oxygens (including phenoxy) is 1. The van der Waals surface area contributed by atoms with Crippen molar-refractivity contribution in [2.24, 2.45) is 5.41 Å². The summed E-state index contributed by atoms with van der Waals surface area (Å²) in [5.41, 5.74) is 1.58. The Bertz CT molecular complexity index is 700. The molecule has 1 aromatic rings. The molecule has 0 aromatic heterocycles. The smallest absolute Gasteiger partial charge is 0.315 e. The number of rotatable bonds is 6. The average Bonchev–Trinajstić information content (AvgIpc) is 3.06. The fourth-order valence-corrected chi connectivity index (χ4v) is 3.03. The Morgan fingerprint density at radius 3 is 2.24 bits per heavy atom. The van der Waals surface area contributed by atoms with Gasteiger partial charge in [-0.3, -0.25) is 14.4 Å². The van der Waals surface area contributed by atoms with E-state index in [1.807, 2.05) is 32.0 Å². The van der Waals surface area contributed by atoms with Crippen LogP contribution in [0.2, 0.25) is 0 Å². The van der Waals surface area contributed by atoms with Crippen molar-refractivity contribution in [2.75, 3.05) is 18.5 Å². The van der Waals surface area contributed by atoms with Crippen molar-refractivity contribution in [3.8, 4) is 0 Å². The van der Waals surface area contributed by atoms with Crippen molar-refractivity contribution in [2.45, 2.75) is 31.5 Å².